The van der Waals surface area contributed by atoms with E-state index in [0.717, 1.165) is 24.6 Å². The molecule has 1 aliphatic rings. The molecule has 0 aromatic rings. The highest BCUT2D eigenvalue weighted by atomic mass is 32.2. The van der Waals surface area contributed by atoms with Gasteiger partial charge in [-0.2, -0.15) is 24.9 Å². The van der Waals surface area contributed by atoms with Crippen LogP contribution in [0, 0.1) is 5.92 Å². The van der Waals surface area contributed by atoms with Crippen LogP contribution in [0.3, 0.4) is 0 Å². The van der Waals surface area contributed by atoms with Gasteiger partial charge in [0.05, 0.1) is 6.10 Å². The Hall–Kier alpha value is -0.630. The lowest BCUT2D eigenvalue weighted by Crippen LogP contribution is -2.38. The maximum absolute atomic E-state index is 12.5. The molecule has 17 heavy (non-hydrogen) atoms. The zero-order valence-electron chi connectivity index (χ0n) is 9.11. The second-order valence-electron chi connectivity index (χ2n) is 3.79. The predicted octanol–water partition coefficient (Wildman–Crippen LogP) is 1.82. The Labute approximate surface area is 101 Å². The smallest absolute Gasteiger partial charge is 0.399 e. The number of halogens is 3. The number of amidine groups is 1. The van der Waals surface area contributed by atoms with E-state index in [0.29, 0.717) is 12.4 Å². The minimum Gasteiger partial charge on any atom is -0.409 e. The number of rotatable bonds is 5. The summed E-state index contributed by atoms with van der Waals surface area (Å²) in [5.41, 5.74) is 5.03. The minimum absolute atomic E-state index is 0.0289. The molecule has 1 aliphatic heterocycles. The highest BCUT2D eigenvalue weighted by molar-refractivity contribution is 7.99. The van der Waals surface area contributed by atoms with Crippen LogP contribution < -0.4 is 5.73 Å². The number of nitrogens with zero attached hydrogens (tertiary/aromatic N) is 1. The highest BCUT2D eigenvalue weighted by Gasteiger charge is 2.42. The molecule has 0 spiro atoms. The average molecular weight is 272 g/mol. The molecule has 8 heteroatoms. The number of ether oxygens (including phenoxy) is 1. The quantitative estimate of drug-likeness (QED) is 0.347. The fourth-order valence-electron chi connectivity index (χ4n) is 1.51. The maximum atomic E-state index is 12.5. The molecule has 0 radical (unpaired) electrons. The third-order valence-corrected chi connectivity index (χ3v) is 3.66. The zero-order valence-corrected chi connectivity index (χ0v) is 9.93. The van der Waals surface area contributed by atoms with Crippen LogP contribution in [0.1, 0.15) is 12.8 Å². The van der Waals surface area contributed by atoms with E-state index < -0.39 is 17.9 Å². The molecular formula is C9H15F3N2O2S. The van der Waals surface area contributed by atoms with Crippen molar-refractivity contribution in [1.29, 1.82) is 0 Å². The van der Waals surface area contributed by atoms with Gasteiger partial charge in [0.25, 0.3) is 0 Å². The first-order valence-corrected chi connectivity index (χ1v) is 6.34. The molecular weight excluding hydrogens is 257 g/mol. The topological polar surface area (TPSA) is 67.8 Å². The lowest BCUT2D eigenvalue weighted by atomic mass is 10.1. The monoisotopic (exact) mass is 272 g/mol. The normalized spacial score (nSPS) is 23.9. The number of alkyl halides is 3. The van der Waals surface area contributed by atoms with Gasteiger partial charge in [-0.25, -0.2) is 0 Å². The molecule has 3 N–H and O–H groups in total. The molecule has 1 rings (SSSR count). The highest BCUT2D eigenvalue weighted by Crippen LogP contribution is 2.30. The standard InChI is InChI=1S/C9H15F3N2O2S/c10-9(11,12)7(8(13)14-15)5-17-4-6-2-1-3-16-6/h6-7,15H,1-5H2,(H2,13,14). The van der Waals surface area contributed by atoms with Crippen LogP contribution in [0.15, 0.2) is 5.16 Å². The number of nitrogens with two attached hydrogens (primary N) is 1. The largest absolute Gasteiger partial charge is 0.409 e. The molecule has 0 saturated carbocycles. The van der Waals surface area contributed by atoms with Crippen LogP contribution in [-0.2, 0) is 4.74 Å². The van der Waals surface area contributed by atoms with E-state index in [1.807, 2.05) is 0 Å². The van der Waals surface area contributed by atoms with Gasteiger partial charge in [-0.15, -0.1) is 0 Å². The van der Waals surface area contributed by atoms with Gasteiger partial charge in [0.1, 0.15) is 5.92 Å². The Balaban J connectivity index is 2.38. The summed E-state index contributed by atoms with van der Waals surface area (Å²) in [7, 11) is 0. The lowest BCUT2D eigenvalue weighted by molar-refractivity contribution is -0.150. The summed E-state index contributed by atoms with van der Waals surface area (Å²) in [6.07, 6.45) is -2.62. The van der Waals surface area contributed by atoms with Crippen LogP contribution in [-0.4, -0.2) is 41.4 Å². The molecule has 1 saturated heterocycles. The van der Waals surface area contributed by atoms with Gasteiger partial charge in [-0.3, -0.25) is 0 Å². The van der Waals surface area contributed by atoms with Gasteiger partial charge in [-0.05, 0) is 12.8 Å². The predicted molar refractivity (Wildman–Crippen MR) is 59.3 cm³/mol. The summed E-state index contributed by atoms with van der Waals surface area (Å²) >= 11 is 1.11. The molecule has 2 atom stereocenters. The van der Waals surface area contributed by atoms with E-state index in [9.17, 15) is 13.2 Å². The third kappa shape index (κ3) is 4.63. The summed E-state index contributed by atoms with van der Waals surface area (Å²) in [4.78, 5) is 0. The van der Waals surface area contributed by atoms with Crippen molar-refractivity contribution in [1.82, 2.24) is 0 Å². The molecule has 1 fully saturated rings. The second-order valence-corrected chi connectivity index (χ2v) is 4.87. The van der Waals surface area contributed by atoms with E-state index in [1.165, 1.54) is 0 Å². The van der Waals surface area contributed by atoms with Crippen molar-refractivity contribution < 1.29 is 23.1 Å². The molecule has 2 unspecified atom stereocenters. The van der Waals surface area contributed by atoms with Gasteiger partial charge in [0.2, 0.25) is 0 Å². The Morgan fingerprint density at radius 3 is 2.76 bits per heavy atom. The average Bonchev–Trinajstić information content (AvgIpc) is 2.74. The Kier molecular flexibility index (Phi) is 5.38. The van der Waals surface area contributed by atoms with E-state index in [2.05, 4.69) is 5.16 Å². The van der Waals surface area contributed by atoms with Crippen LogP contribution in [0.25, 0.3) is 0 Å². The maximum Gasteiger partial charge on any atom is 0.399 e. The number of hydrogen-bond acceptors (Lipinski definition) is 4. The van der Waals surface area contributed by atoms with Crippen molar-refractivity contribution >= 4 is 17.6 Å². The van der Waals surface area contributed by atoms with Crippen molar-refractivity contribution in [2.45, 2.75) is 25.1 Å². The van der Waals surface area contributed by atoms with Crippen molar-refractivity contribution in [3.8, 4) is 0 Å². The van der Waals surface area contributed by atoms with Crippen molar-refractivity contribution in [3.63, 3.8) is 0 Å². The van der Waals surface area contributed by atoms with Crippen LogP contribution in [0.2, 0.25) is 0 Å². The zero-order chi connectivity index (χ0) is 12.9. The van der Waals surface area contributed by atoms with Gasteiger partial charge >= 0.3 is 6.18 Å². The Morgan fingerprint density at radius 1 is 1.59 bits per heavy atom. The van der Waals surface area contributed by atoms with Gasteiger partial charge < -0.3 is 15.7 Å². The number of oxime groups is 1. The molecule has 0 aliphatic carbocycles. The summed E-state index contributed by atoms with van der Waals surface area (Å²) in [6, 6.07) is 0. The van der Waals surface area contributed by atoms with Gasteiger partial charge in [-0.1, -0.05) is 5.16 Å². The summed E-state index contributed by atoms with van der Waals surface area (Å²) in [6.45, 7) is 0.675. The van der Waals surface area contributed by atoms with Gasteiger partial charge in [0.15, 0.2) is 5.84 Å². The van der Waals surface area contributed by atoms with Crippen molar-refractivity contribution in [2.75, 3.05) is 18.1 Å². The Bertz CT molecular complexity index is 267. The van der Waals surface area contributed by atoms with Crippen LogP contribution in [0.4, 0.5) is 13.2 Å². The van der Waals surface area contributed by atoms with Gasteiger partial charge in [0, 0.05) is 18.1 Å². The molecule has 0 amide bonds. The van der Waals surface area contributed by atoms with Crippen LogP contribution >= 0.6 is 11.8 Å². The minimum atomic E-state index is -4.49. The first kappa shape index (κ1) is 14.4. The molecule has 1 heterocycles. The summed E-state index contributed by atoms with van der Waals surface area (Å²) < 4.78 is 42.9. The van der Waals surface area contributed by atoms with E-state index in [1.54, 1.807) is 0 Å². The second kappa shape index (κ2) is 6.34. The fraction of sp³-hybridized carbons (Fsp3) is 0.889. The first-order chi connectivity index (χ1) is 7.95. The molecule has 0 aromatic carbocycles. The van der Waals surface area contributed by atoms with E-state index in [-0.39, 0.29) is 11.9 Å². The number of thioether (sulfide) groups is 1. The fourth-order valence-corrected chi connectivity index (χ4v) is 2.77. The summed E-state index contributed by atoms with van der Waals surface area (Å²) in [5.74, 6) is -2.44. The lowest BCUT2D eigenvalue weighted by Gasteiger charge is -2.19. The molecule has 0 aromatic heterocycles. The first-order valence-electron chi connectivity index (χ1n) is 5.18. The molecule has 100 valence electrons. The number of hydrogen-bond donors (Lipinski definition) is 2. The molecule has 0 bridgehead atoms. The van der Waals surface area contributed by atoms with E-state index in [4.69, 9.17) is 15.7 Å². The SMILES string of the molecule is NC(=NO)C(CSCC1CCCO1)C(F)(F)F. The van der Waals surface area contributed by atoms with Crippen molar-refractivity contribution in [3.05, 3.63) is 0 Å². The molecule has 4 nitrogen and oxygen atoms in total. The summed E-state index contributed by atoms with van der Waals surface area (Å²) in [5, 5.41) is 10.7. The van der Waals surface area contributed by atoms with Crippen LogP contribution in [0.5, 0.6) is 0 Å². The van der Waals surface area contributed by atoms with Crippen molar-refractivity contribution in [2.24, 2.45) is 16.8 Å². The van der Waals surface area contributed by atoms with E-state index >= 15 is 0 Å². The third-order valence-electron chi connectivity index (χ3n) is 2.48. The Morgan fingerprint density at radius 2 is 2.29 bits per heavy atom.